The highest BCUT2D eigenvalue weighted by atomic mass is 15.5. The third-order valence-electron chi connectivity index (χ3n) is 4.40. The first-order valence-corrected chi connectivity index (χ1v) is 7.77. The summed E-state index contributed by atoms with van der Waals surface area (Å²) in [6.07, 6.45) is 7.50. The predicted molar refractivity (Wildman–Crippen MR) is 85.7 cm³/mol. The first-order chi connectivity index (χ1) is 10.7. The van der Waals surface area contributed by atoms with Crippen LogP contribution in [0.25, 0.3) is 11.2 Å². The number of hydrogen-bond donors (Lipinski definition) is 3. The molecule has 1 saturated heterocycles. The highest BCUT2D eigenvalue weighted by molar-refractivity contribution is 5.78. The average Bonchev–Trinajstić information content (AvgIpc) is 3.14. The predicted octanol–water partition coefficient (Wildman–Crippen LogP) is 0.917. The zero-order valence-electron chi connectivity index (χ0n) is 12.7. The van der Waals surface area contributed by atoms with E-state index in [1.165, 1.54) is 18.4 Å². The minimum Gasteiger partial charge on any atom is -0.384 e. The van der Waals surface area contributed by atoms with Gasteiger partial charge in [-0.15, -0.1) is 0 Å². The molecule has 0 spiro atoms. The van der Waals surface area contributed by atoms with Crippen molar-refractivity contribution in [2.45, 2.75) is 25.3 Å². The Kier molecular flexibility index (Phi) is 3.24. The van der Waals surface area contributed by atoms with Gasteiger partial charge in [-0.3, -0.25) is 0 Å². The number of hydrogen-bond acceptors (Lipinski definition) is 6. The minimum atomic E-state index is 0.294. The Morgan fingerprint density at radius 3 is 3.00 bits per heavy atom. The van der Waals surface area contributed by atoms with Crippen LogP contribution in [0.4, 0.5) is 5.82 Å². The molecular formula is C15H21N7. The quantitative estimate of drug-likeness (QED) is 0.765. The van der Waals surface area contributed by atoms with Crippen LogP contribution in [-0.2, 0) is 0 Å². The minimum absolute atomic E-state index is 0.294. The maximum absolute atomic E-state index is 6.19. The molecule has 4 N–H and O–H groups in total. The standard InChI is InChI=1S/C15H21N7/c1-21-9-10(7-18-21)11-8-19-22-14(16)6-13(20-15(11)22)12-4-2-3-5-17-12/h6,8-9,12,17-18H,2-5,7,16H2,1H3. The summed E-state index contributed by atoms with van der Waals surface area (Å²) in [6.45, 7) is 1.83. The van der Waals surface area contributed by atoms with Gasteiger partial charge in [0, 0.05) is 37.5 Å². The van der Waals surface area contributed by atoms with Crippen molar-refractivity contribution in [3.63, 3.8) is 0 Å². The molecule has 4 rings (SSSR count). The molecule has 0 saturated carbocycles. The Bertz CT molecular complexity index is 727. The Balaban J connectivity index is 1.79. The van der Waals surface area contributed by atoms with Gasteiger partial charge in [-0.1, -0.05) is 6.42 Å². The number of aromatic nitrogens is 3. The molecule has 0 bridgehead atoms. The van der Waals surface area contributed by atoms with Crippen molar-refractivity contribution in [3.8, 4) is 0 Å². The summed E-state index contributed by atoms with van der Waals surface area (Å²) >= 11 is 0. The summed E-state index contributed by atoms with van der Waals surface area (Å²) in [5, 5.41) is 9.88. The van der Waals surface area contributed by atoms with E-state index in [2.05, 4.69) is 22.0 Å². The molecule has 2 aromatic heterocycles. The Labute approximate surface area is 129 Å². The highest BCUT2D eigenvalue weighted by Gasteiger charge is 2.21. The van der Waals surface area contributed by atoms with Gasteiger partial charge in [0.1, 0.15) is 5.82 Å². The summed E-state index contributed by atoms with van der Waals surface area (Å²) in [7, 11) is 1.98. The molecule has 4 heterocycles. The van der Waals surface area contributed by atoms with Crippen molar-refractivity contribution in [1.82, 2.24) is 30.3 Å². The van der Waals surface area contributed by atoms with Crippen LogP contribution in [-0.4, -0.2) is 39.7 Å². The maximum Gasteiger partial charge on any atom is 0.165 e. The van der Waals surface area contributed by atoms with Crippen LogP contribution >= 0.6 is 0 Å². The molecule has 7 nitrogen and oxygen atoms in total. The third-order valence-corrected chi connectivity index (χ3v) is 4.40. The second-order valence-electron chi connectivity index (χ2n) is 6.00. The van der Waals surface area contributed by atoms with Crippen molar-refractivity contribution in [3.05, 3.63) is 29.7 Å². The number of nitrogens with zero attached hydrogens (tertiary/aromatic N) is 4. The Morgan fingerprint density at radius 2 is 2.27 bits per heavy atom. The molecule has 0 radical (unpaired) electrons. The normalized spacial score (nSPS) is 22.3. The first-order valence-electron chi connectivity index (χ1n) is 7.77. The van der Waals surface area contributed by atoms with E-state index in [1.807, 2.05) is 24.3 Å². The van der Waals surface area contributed by atoms with Crippen LogP contribution < -0.4 is 16.5 Å². The second kappa shape index (κ2) is 5.26. The van der Waals surface area contributed by atoms with Crippen molar-refractivity contribution in [1.29, 1.82) is 0 Å². The summed E-state index contributed by atoms with van der Waals surface area (Å²) in [5.41, 5.74) is 13.5. The molecule has 2 aliphatic heterocycles. The average molecular weight is 299 g/mol. The summed E-state index contributed by atoms with van der Waals surface area (Å²) in [5.74, 6) is 0.638. The molecule has 1 atom stereocenters. The van der Waals surface area contributed by atoms with Crippen LogP contribution in [0.5, 0.6) is 0 Å². The lowest BCUT2D eigenvalue weighted by molar-refractivity contribution is 0.374. The Hall–Kier alpha value is -2.12. The van der Waals surface area contributed by atoms with E-state index in [0.717, 1.165) is 36.4 Å². The fourth-order valence-electron chi connectivity index (χ4n) is 3.21. The summed E-state index contributed by atoms with van der Waals surface area (Å²) in [6, 6.07) is 2.24. The molecule has 22 heavy (non-hydrogen) atoms. The zero-order chi connectivity index (χ0) is 15.1. The van der Waals surface area contributed by atoms with Gasteiger partial charge in [0.2, 0.25) is 0 Å². The van der Waals surface area contributed by atoms with Crippen LogP contribution in [0.2, 0.25) is 0 Å². The van der Waals surface area contributed by atoms with Gasteiger partial charge < -0.3 is 16.1 Å². The lowest BCUT2D eigenvalue weighted by atomic mass is 10.0. The van der Waals surface area contributed by atoms with Crippen molar-refractivity contribution in [2.24, 2.45) is 0 Å². The van der Waals surface area contributed by atoms with Gasteiger partial charge >= 0.3 is 0 Å². The monoisotopic (exact) mass is 299 g/mol. The zero-order valence-corrected chi connectivity index (χ0v) is 12.7. The lowest BCUT2D eigenvalue weighted by Gasteiger charge is -2.23. The molecule has 116 valence electrons. The van der Waals surface area contributed by atoms with E-state index in [1.54, 1.807) is 4.52 Å². The van der Waals surface area contributed by atoms with E-state index in [-0.39, 0.29) is 0 Å². The van der Waals surface area contributed by atoms with Gasteiger partial charge in [0.15, 0.2) is 5.65 Å². The molecule has 0 aliphatic carbocycles. The molecule has 2 aliphatic rings. The van der Waals surface area contributed by atoms with Crippen molar-refractivity contribution >= 4 is 17.0 Å². The van der Waals surface area contributed by atoms with E-state index < -0.39 is 0 Å². The molecule has 0 aromatic carbocycles. The first kappa shape index (κ1) is 13.5. The summed E-state index contributed by atoms with van der Waals surface area (Å²) < 4.78 is 1.72. The van der Waals surface area contributed by atoms with Gasteiger partial charge in [-0.05, 0) is 25.0 Å². The number of anilines is 1. The molecule has 0 amide bonds. The highest BCUT2D eigenvalue weighted by Crippen LogP contribution is 2.27. The van der Waals surface area contributed by atoms with Gasteiger partial charge in [0.25, 0.3) is 0 Å². The van der Waals surface area contributed by atoms with E-state index in [9.17, 15) is 0 Å². The van der Waals surface area contributed by atoms with Crippen molar-refractivity contribution < 1.29 is 0 Å². The van der Waals surface area contributed by atoms with Gasteiger partial charge in [0.05, 0.1) is 11.9 Å². The van der Waals surface area contributed by atoms with Crippen LogP contribution in [0, 0.1) is 0 Å². The number of fused-ring (bicyclic) bond motifs is 1. The molecular weight excluding hydrogens is 278 g/mol. The molecule has 2 aromatic rings. The van der Waals surface area contributed by atoms with Crippen LogP contribution in [0.1, 0.15) is 36.6 Å². The summed E-state index contributed by atoms with van der Waals surface area (Å²) in [4.78, 5) is 4.86. The van der Waals surface area contributed by atoms with Crippen LogP contribution in [0.15, 0.2) is 18.5 Å². The number of piperidine rings is 1. The number of nitrogens with two attached hydrogens (primary N) is 1. The van der Waals surface area contributed by atoms with E-state index in [4.69, 9.17) is 10.7 Å². The van der Waals surface area contributed by atoms with Crippen LogP contribution in [0.3, 0.4) is 0 Å². The molecule has 1 fully saturated rings. The molecule has 7 heteroatoms. The number of nitrogens with one attached hydrogen (secondary N) is 2. The fourth-order valence-corrected chi connectivity index (χ4v) is 3.21. The number of nitrogen functional groups attached to an aromatic ring is 1. The molecule has 1 unspecified atom stereocenters. The number of hydrazine groups is 1. The SMILES string of the molecule is CN1C=C(c2cnn3c(N)cc(C4CCCCN4)nc23)CN1. The second-order valence-corrected chi connectivity index (χ2v) is 6.00. The maximum atomic E-state index is 6.19. The number of rotatable bonds is 2. The smallest absolute Gasteiger partial charge is 0.165 e. The van der Waals surface area contributed by atoms with Crippen molar-refractivity contribution in [2.75, 3.05) is 25.9 Å². The third kappa shape index (κ3) is 2.22. The van der Waals surface area contributed by atoms with Gasteiger partial charge in [-0.25, -0.2) is 10.4 Å². The largest absolute Gasteiger partial charge is 0.384 e. The van der Waals surface area contributed by atoms with Gasteiger partial charge in [-0.2, -0.15) is 9.61 Å². The fraction of sp³-hybridized carbons (Fsp3) is 0.467. The van der Waals surface area contributed by atoms with E-state index >= 15 is 0 Å². The Morgan fingerprint density at radius 1 is 1.36 bits per heavy atom. The lowest BCUT2D eigenvalue weighted by Crippen LogP contribution is -2.27. The topological polar surface area (TPSA) is 83.5 Å². The van der Waals surface area contributed by atoms with E-state index in [0.29, 0.717) is 11.9 Å².